The topological polar surface area (TPSA) is 17.1 Å². The van der Waals surface area contributed by atoms with E-state index in [1.807, 2.05) is 6.08 Å². The van der Waals surface area contributed by atoms with Gasteiger partial charge in [0.05, 0.1) is 0 Å². The van der Waals surface area contributed by atoms with Crippen molar-refractivity contribution in [2.24, 2.45) is 11.8 Å². The third-order valence-corrected chi connectivity index (χ3v) is 3.26. The number of carbonyl (C=O) groups is 1. The first-order valence-corrected chi connectivity index (χ1v) is 5.79. The third kappa shape index (κ3) is 3.65. The van der Waals surface area contributed by atoms with Crippen molar-refractivity contribution in [3.63, 3.8) is 0 Å². The van der Waals surface area contributed by atoms with Crippen molar-refractivity contribution in [3.05, 3.63) is 11.6 Å². The summed E-state index contributed by atoms with van der Waals surface area (Å²) in [4.78, 5) is 11.0. The van der Waals surface area contributed by atoms with Gasteiger partial charge in [0.15, 0.2) is 5.78 Å². The molecule has 1 heteroatoms. The Kier molecular flexibility index (Phi) is 4.37. The molecule has 1 atom stereocenters. The van der Waals surface area contributed by atoms with Crippen LogP contribution >= 0.6 is 0 Å². The van der Waals surface area contributed by atoms with Gasteiger partial charge in [-0.3, -0.25) is 4.79 Å². The summed E-state index contributed by atoms with van der Waals surface area (Å²) in [5.41, 5.74) is 1.38. The second-order valence-electron chi connectivity index (χ2n) is 4.85. The van der Waals surface area contributed by atoms with Gasteiger partial charge in [-0.1, -0.05) is 19.4 Å². The molecule has 0 aliphatic heterocycles. The highest BCUT2D eigenvalue weighted by Gasteiger charge is 2.17. The lowest BCUT2D eigenvalue weighted by Gasteiger charge is -2.17. The molecule has 0 spiro atoms. The molecule has 0 radical (unpaired) electrons. The zero-order valence-electron chi connectivity index (χ0n) is 9.68. The van der Waals surface area contributed by atoms with E-state index in [0.717, 1.165) is 24.7 Å². The van der Waals surface area contributed by atoms with E-state index < -0.39 is 0 Å². The molecule has 0 aromatic heterocycles. The van der Waals surface area contributed by atoms with Crippen LogP contribution in [0.15, 0.2) is 11.6 Å². The average molecular weight is 194 g/mol. The van der Waals surface area contributed by atoms with Gasteiger partial charge >= 0.3 is 0 Å². The van der Waals surface area contributed by atoms with Crippen LogP contribution in [0.2, 0.25) is 0 Å². The number of rotatable bonds is 2. The van der Waals surface area contributed by atoms with Crippen molar-refractivity contribution in [3.8, 4) is 0 Å². The van der Waals surface area contributed by atoms with Crippen molar-refractivity contribution in [1.29, 1.82) is 0 Å². The summed E-state index contributed by atoms with van der Waals surface area (Å²) in [6.07, 6.45) is 8.01. The smallest absolute Gasteiger partial charge is 0.152 e. The molecule has 1 unspecified atom stereocenters. The molecular formula is C13H22O. The average Bonchev–Trinajstić information content (AvgIpc) is 2.28. The van der Waals surface area contributed by atoms with Gasteiger partial charge in [0.2, 0.25) is 0 Å². The lowest BCUT2D eigenvalue weighted by atomic mass is 9.89. The molecule has 1 saturated carbocycles. The van der Waals surface area contributed by atoms with Crippen LogP contribution in [0.1, 0.15) is 52.9 Å². The molecule has 0 heterocycles. The Bertz CT molecular complexity index is 225. The normalized spacial score (nSPS) is 26.6. The maximum atomic E-state index is 11.0. The van der Waals surface area contributed by atoms with Gasteiger partial charge in [-0.05, 0) is 56.9 Å². The lowest BCUT2D eigenvalue weighted by Crippen LogP contribution is -2.06. The Morgan fingerprint density at radius 3 is 2.64 bits per heavy atom. The Balaban J connectivity index is 2.52. The first-order valence-electron chi connectivity index (χ1n) is 5.79. The van der Waals surface area contributed by atoms with E-state index in [2.05, 4.69) is 13.8 Å². The molecule has 0 bridgehead atoms. The molecule has 80 valence electrons. The van der Waals surface area contributed by atoms with E-state index in [1.165, 1.54) is 24.8 Å². The molecule has 0 saturated heterocycles. The maximum absolute atomic E-state index is 11.0. The fraction of sp³-hybridized carbons (Fsp3) is 0.769. The molecule has 1 fully saturated rings. The predicted octanol–water partition coefficient (Wildman–Crippen LogP) is 3.74. The highest BCUT2D eigenvalue weighted by Crippen LogP contribution is 2.31. The van der Waals surface area contributed by atoms with Crippen LogP contribution in [-0.4, -0.2) is 5.78 Å². The van der Waals surface area contributed by atoms with Crippen molar-refractivity contribution in [2.75, 3.05) is 0 Å². The minimum atomic E-state index is 0.211. The highest BCUT2D eigenvalue weighted by atomic mass is 16.1. The van der Waals surface area contributed by atoms with Crippen LogP contribution in [-0.2, 0) is 4.79 Å². The first kappa shape index (κ1) is 11.5. The zero-order valence-corrected chi connectivity index (χ0v) is 9.68. The SMILES string of the molecule is CC(=O)C=C1CCCC(C(C)C)CC1. The molecule has 0 aromatic rings. The number of carbonyl (C=O) groups excluding carboxylic acids is 1. The Labute approximate surface area is 87.6 Å². The van der Waals surface area contributed by atoms with E-state index in [9.17, 15) is 4.79 Å². The predicted molar refractivity (Wildman–Crippen MR) is 60.2 cm³/mol. The molecule has 0 aromatic carbocycles. The molecule has 1 aliphatic rings. The molecule has 0 N–H and O–H groups in total. The molecule has 1 aliphatic carbocycles. The molecule has 1 rings (SSSR count). The fourth-order valence-corrected chi connectivity index (χ4v) is 2.33. The van der Waals surface area contributed by atoms with Gasteiger partial charge in [0.25, 0.3) is 0 Å². The highest BCUT2D eigenvalue weighted by molar-refractivity contribution is 5.87. The Hall–Kier alpha value is -0.590. The van der Waals surface area contributed by atoms with Gasteiger partial charge in [0.1, 0.15) is 0 Å². The fourth-order valence-electron chi connectivity index (χ4n) is 2.33. The van der Waals surface area contributed by atoms with Crippen LogP contribution in [0.25, 0.3) is 0 Å². The molecule has 14 heavy (non-hydrogen) atoms. The Morgan fingerprint density at radius 2 is 2.07 bits per heavy atom. The van der Waals surface area contributed by atoms with Crippen molar-refractivity contribution in [2.45, 2.75) is 52.9 Å². The van der Waals surface area contributed by atoms with Crippen LogP contribution in [0.3, 0.4) is 0 Å². The summed E-state index contributed by atoms with van der Waals surface area (Å²) in [6, 6.07) is 0. The summed E-state index contributed by atoms with van der Waals surface area (Å²) < 4.78 is 0. The number of ketones is 1. The molecule has 1 nitrogen and oxygen atoms in total. The summed E-state index contributed by atoms with van der Waals surface area (Å²) in [5.74, 6) is 1.88. The third-order valence-electron chi connectivity index (χ3n) is 3.26. The van der Waals surface area contributed by atoms with E-state index in [4.69, 9.17) is 0 Å². The van der Waals surface area contributed by atoms with E-state index in [0.29, 0.717) is 0 Å². The van der Waals surface area contributed by atoms with Gasteiger partial charge in [-0.2, -0.15) is 0 Å². The molecule has 0 amide bonds. The van der Waals surface area contributed by atoms with Crippen molar-refractivity contribution < 1.29 is 4.79 Å². The quantitative estimate of drug-likeness (QED) is 0.483. The van der Waals surface area contributed by atoms with Gasteiger partial charge < -0.3 is 0 Å². The van der Waals surface area contributed by atoms with Gasteiger partial charge in [-0.15, -0.1) is 0 Å². The number of hydrogen-bond donors (Lipinski definition) is 0. The van der Waals surface area contributed by atoms with E-state index in [-0.39, 0.29) is 5.78 Å². The van der Waals surface area contributed by atoms with Crippen molar-refractivity contribution in [1.82, 2.24) is 0 Å². The monoisotopic (exact) mass is 194 g/mol. The summed E-state index contributed by atoms with van der Waals surface area (Å²) in [7, 11) is 0. The first-order chi connectivity index (χ1) is 6.59. The maximum Gasteiger partial charge on any atom is 0.152 e. The van der Waals surface area contributed by atoms with E-state index >= 15 is 0 Å². The lowest BCUT2D eigenvalue weighted by molar-refractivity contribution is -0.112. The number of hydrogen-bond acceptors (Lipinski definition) is 1. The van der Waals surface area contributed by atoms with Gasteiger partial charge in [0, 0.05) is 0 Å². The van der Waals surface area contributed by atoms with Gasteiger partial charge in [-0.25, -0.2) is 0 Å². The van der Waals surface area contributed by atoms with Crippen LogP contribution in [0.5, 0.6) is 0 Å². The van der Waals surface area contributed by atoms with Crippen LogP contribution in [0, 0.1) is 11.8 Å². The largest absolute Gasteiger partial charge is 0.295 e. The summed E-state index contributed by atoms with van der Waals surface area (Å²) in [6.45, 7) is 6.27. The number of allylic oxidation sites excluding steroid dienone is 2. The zero-order chi connectivity index (χ0) is 10.6. The standard InChI is InChI=1S/C13H22O/c1-10(2)13-6-4-5-12(7-8-13)9-11(3)14/h9-10,13H,4-8H2,1-3H3. The summed E-state index contributed by atoms with van der Waals surface area (Å²) in [5, 5.41) is 0. The minimum absolute atomic E-state index is 0.211. The second-order valence-corrected chi connectivity index (χ2v) is 4.85. The van der Waals surface area contributed by atoms with Crippen LogP contribution in [0.4, 0.5) is 0 Å². The van der Waals surface area contributed by atoms with Crippen molar-refractivity contribution >= 4 is 5.78 Å². The Morgan fingerprint density at radius 1 is 1.36 bits per heavy atom. The summed E-state index contributed by atoms with van der Waals surface area (Å²) >= 11 is 0. The van der Waals surface area contributed by atoms with Crippen LogP contribution < -0.4 is 0 Å². The minimum Gasteiger partial charge on any atom is -0.295 e. The molecular weight excluding hydrogens is 172 g/mol. The van der Waals surface area contributed by atoms with E-state index in [1.54, 1.807) is 6.92 Å². The second kappa shape index (κ2) is 5.33.